The highest BCUT2D eigenvalue weighted by atomic mass is 19.1. The second-order valence-corrected chi connectivity index (χ2v) is 5.50. The summed E-state index contributed by atoms with van der Waals surface area (Å²) in [5.41, 5.74) is -0.663. The maximum absolute atomic E-state index is 14.9. The smallest absolute Gasteiger partial charge is 0.314 e. The maximum Gasteiger partial charge on any atom is 0.314 e. The molecule has 0 bridgehead atoms. The van der Waals surface area contributed by atoms with E-state index in [0.29, 0.717) is 24.2 Å². The highest BCUT2D eigenvalue weighted by Gasteiger charge is 2.45. The van der Waals surface area contributed by atoms with E-state index in [4.69, 9.17) is 9.47 Å². The van der Waals surface area contributed by atoms with Gasteiger partial charge in [-0.2, -0.15) is 0 Å². The Morgan fingerprint density at radius 3 is 2.48 bits per heavy atom. The van der Waals surface area contributed by atoms with Crippen molar-refractivity contribution in [1.82, 2.24) is 0 Å². The third kappa shape index (κ3) is 2.75. The minimum absolute atomic E-state index is 0.110. The van der Waals surface area contributed by atoms with Crippen LogP contribution in [0.4, 0.5) is 4.39 Å². The Labute approximate surface area is 123 Å². The van der Waals surface area contributed by atoms with E-state index in [-0.39, 0.29) is 12.2 Å². The highest BCUT2D eigenvalue weighted by Crippen LogP contribution is 2.45. The van der Waals surface area contributed by atoms with Crippen LogP contribution in [0.5, 0.6) is 5.75 Å². The van der Waals surface area contributed by atoms with Crippen LogP contribution in [0.1, 0.15) is 43.2 Å². The molecule has 4 nitrogen and oxygen atoms in total. The van der Waals surface area contributed by atoms with Crippen molar-refractivity contribution in [1.29, 1.82) is 0 Å². The molecule has 0 radical (unpaired) electrons. The zero-order chi connectivity index (χ0) is 15.5. The Morgan fingerprint density at radius 1 is 1.29 bits per heavy atom. The predicted molar refractivity (Wildman–Crippen MR) is 76.1 cm³/mol. The predicted octanol–water partition coefficient (Wildman–Crippen LogP) is 3.27. The summed E-state index contributed by atoms with van der Waals surface area (Å²) in [5, 5.41) is 9.75. The molecule has 0 amide bonds. The molecule has 1 fully saturated rings. The Hall–Kier alpha value is -1.62. The third-order valence-corrected chi connectivity index (χ3v) is 4.30. The lowest BCUT2D eigenvalue weighted by atomic mass is 9.68. The van der Waals surface area contributed by atoms with Crippen molar-refractivity contribution < 1.29 is 23.8 Å². The molecule has 1 aliphatic carbocycles. The van der Waals surface area contributed by atoms with Crippen molar-refractivity contribution in [2.24, 2.45) is 0 Å². The van der Waals surface area contributed by atoms with Gasteiger partial charge in [0.15, 0.2) is 0 Å². The summed E-state index contributed by atoms with van der Waals surface area (Å²) in [6.07, 6.45) is 3.42. The number of rotatable bonds is 5. The van der Waals surface area contributed by atoms with E-state index in [1.165, 1.54) is 14.2 Å². The molecule has 0 atom stereocenters. The molecule has 1 saturated carbocycles. The number of aliphatic carboxylic acids is 1. The van der Waals surface area contributed by atoms with E-state index in [0.717, 1.165) is 19.3 Å². The lowest BCUT2D eigenvalue weighted by Gasteiger charge is -2.35. The second kappa shape index (κ2) is 6.43. The fraction of sp³-hybridized carbons (Fsp3) is 0.562. The SMILES string of the molecule is COCc1ccc(OC)c(C2(C(=O)O)CCCCC2)c1F. The fourth-order valence-corrected chi connectivity index (χ4v) is 3.21. The van der Waals surface area contributed by atoms with Crippen LogP contribution in [-0.4, -0.2) is 25.3 Å². The number of benzene rings is 1. The van der Waals surface area contributed by atoms with Crippen LogP contribution in [0.25, 0.3) is 0 Å². The molecule has 1 N–H and O–H groups in total. The van der Waals surface area contributed by atoms with E-state index in [1.54, 1.807) is 12.1 Å². The molecule has 0 heterocycles. The Balaban J connectivity index is 2.62. The number of carbonyl (C=O) groups is 1. The summed E-state index contributed by atoms with van der Waals surface area (Å²) in [5.74, 6) is -1.19. The minimum Gasteiger partial charge on any atom is -0.496 e. The van der Waals surface area contributed by atoms with Crippen molar-refractivity contribution in [2.45, 2.75) is 44.1 Å². The van der Waals surface area contributed by atoms with Gasteiger partial charge in [0.05, 0.1) is 19.1 Å². The summed E-state index contributed by atoms with van der Waals surface area (Å²) in [7, 11) is 2.92. The van der Waals surface area contributed by atoms with Gasteiger partial charge in [0, 0.05) is 18.2 Å². The third-order valence-electron chi connectivity index (χ3n) is 4.30. The molecule has 1 aliphatic rings. The molecule has 1 aromatic rings. The second-order valence-electron chi connectivity index (χ2n) is 5.50. The van der Waals surface area contributed by atoms with Gasteiger partial charge in [-0.25, -0.2) is 4.39 Å². The first-order chi connectivity index (χ1) is 10.1. The van der Waals surface area contributed by atoms with Gasteiger partial charge in [0.1, 0.15) is 11.6 Å². The largest absolute Gasteiger partial charge is 0.496 e. The molecule has 21 heavy (non-hydrogen) atoms. The van der Waals surface area contributed by atoms with Crippen molar-refractivity contribution in [2.75, 3.05) is 14.2 Å². The minimum atomic E-state index is -1.20. The summed E-state index contributed by atoms with van der Waals surface area (Å²) in [4.78, 5) is 11.9. The van der Waals surface area contributed by atoms with Crippen LogP contribution in [0.3, 0.4) is 0 Å². The molecule has 0 unspecified atom stereocenters. The molecule has 5 heteroatoms. The number of carboxylic acids is 1. The van der Waals surface area contributed by atoms with Gasteiger partial charge in [-0.05, 0) is 18.9 Å². The van der Waals surface area contributed by atoms with Crippen LogP contribution in [0.15, 0.2) is 12.1 Å². The van der Waals surface area contributed by atoms with E-state index >= 15 is 0 Å². The molecule has 0 aromatic heterocycles. The standard InChI is InChI=1S/C16H21FO4/c1-20-10-11-6-7-12(21-2)13(14(11)17)16(15(18)19)8-4-3-5-9-16/h6-7H,3-5,8-10H2,1-2H3,(H,18,19). The first kappa shape index (κ1) is 15.8. The van der Waals surface area contributed by atoms with Crippen LogP contribution in [0.2, 0.25) is 0 Å². The molecular weight excluding hydrogens is 275 g/mol. The number of hydrogen-bond acceptors (Lipinski definition) is 3. The summed E-state index contributed by atoms with van der Waals surface area (Å²) >= 11 is 0. The summed E-state index contributed by atoms with van der Waals surface area (Å²) in [6, 6.07) is 3.21. The van der Waals surface area contributed by atoms with Crippen LogP contribution >= 0.6 is 0 Å². The van der Waals surface area contributed by atoms with Gasteiger partial charge >= 0.3 is 5.97 Å². The van der Waals surface area contributed by atoms with Crippen LogP contribution in [0, 0.1) is 5.82 Å². The van der Waals surface area contributed by atoms with Crippen molar-refractivity contribution >= 4 is 5.97 Å². The first-order valence-corrected chi connectivity index (χ1v) is 7.15. The monoisotopic (exact) mass is 296 g/mol. The number of halogens is 1. The lowest BCUT2D eigenvalue weighted by Crippen LogP contribution is -2.39. The van der Waals surface area contributed by atoms with Gasteiger partial charge < -0.3 is 14.6 Å². The first-order valence-electron chi connectivity index (χ1n) is 7.15. The van der Waals surface area contributed by atoms with Crippen molar-refractivity contribution in [3.05, 3.63) is 29.1 Å². The highest BCUT2D eigenvalue weighted by molar-refractivity contribution is 5.83. The quantitative estimate of drug-likeness (QED) is 0.906. The van der Waals surface area contributed by atoms with E-state index < -0.39 is 17.2 Å². The molecular formula is C16H21FO4. The van der Waals surface area contributed by atoms with E-state index in [2.05, 4.69) is 0 Å². The number of hydrogen-bond donors (Lipinski definition) is 1. The Morgan fingerprint density at radius 2 is 1.95 bits per heavy atom. The number of carboxylic acid groups (broad SMARTS) is 1. The topological polar surface area (TPSA) is 55.8 Å². The zero-order valence-electron chi connectivity index (χ0n) is 12.4. The van der Waals surface area contributed by atoms with Gasteiger partial charge in [-0.3, -0.25) is 4.79 Å². The number of ether oxygens (including phenoxy) is 2. The van der Waals surface area contributed by atoms with Crippen LogP contribution < -0.4 is 4.74 Å². The van der Waals surface area contributed by atoms with Gasteiger partial charge in [-0.1, -0.05) is 25.3 Å². The fourth-order valence-electron chi connectivity index (χ4n) is 3.21. The molecule has 0 saturated heterocycles. The number of methoxy groups -OCH3 is 2. The van der Waals surface area contributed by atoms with Gasteiger partial charge in [0.25, 0.3) is 0 Å². The normalized spacial score (nSPS) is 17.5. The van der Waals surface area contributed by atoms with Gasteiger partial charge in [0.2, 0.25) is 0 Å². The van der Waals surface area contributed by atoms with E-state index in [9.17, 15) is 14.3 Å². The molecule has 1 aromatic carbocycles. The van der Waals surface area contributed by atoms with Gasteiger partial charge in [-0.15, -0.1) is 0 Å². The summed E-state index contributed by atoms with van der Waals surface area (Å²) in [6.45, 7) is 0.110. The molecule has 116 valence electrons. The Kier molecular flexibility index (Phi) is 4.83. The molecule has 2 rings (SSSR count). The Bertz CT molecular complexity index is 521. The van der Waals surface area contributed by atoms with Crippen molar-refractivity contribution in [3.8, 4) is 5.75 Å². The van der Waals surface area contributed by atoms with Crippen molar-refractivity contribution in [3.63, 3.8) is 0 Å². The maximum atomic E-state index is 14.9. The molecule has 0 aliphatic heterocycles. The zero-order valence-corrected chi connectivity index (χ0v) is 12.4. The van der Waals surface area contributed by atoms with E-state index in [1.807, 2.05) is 0 Å². The summed E-state index contributed by atoms with van der Waals surface area (Å²) < 4.78 is 25.1. The average molecular weight is 296 g/mol. The molecule has 0 spiro atoms. The van der Waals surface area contributed by atoms with Crippen LogP contribution in [-0.2, 0) is 21.6 Å². The average Bonchev–Trinajstić information content (AvgIpc) is 2.49. The lowest BCUT2D eigenvalue weighted by molar-refractivity contribution is -0.145.